The average molecular weight is 382 g/mol. The van der Waals surface area contributed by atoms with Gasteiger partial charge in [0, 0.05) is 12.2 Å². The van der Waals surface area contributed by atoms with Gasteiger partial charge in [-0.15, -0.1) is 10.2 Å². The zero-order valence-electron chi connectivity index (χ0n) is 15.0. The number of anilines is 1. The molecule has 8 heteroatoms. The standard InChI is InChI=1S/C19H18N4O3S/c1-13-16(9-12-25-13)17-21-22-19(26-17)27-14(2)18(24)23(11-6-10-20)15-7-4-3-5-8-15/h3-5,7-9,12,14H,6,11H2,1-2H3/t14-/m1/s1. The number of aromatic nitrogens is 2. The number of rotatable bonds is 7. The van der Waals surface area contributed by atoms with Crippen molar-refractivity contribution < 1.29 is 13.6 Å². The summed E-state index contributed by atoms with van der Waals surface area (Å²) >= 11 is 1.19. The van der Waals surface area contributed by atoms with Gasteiger partial charge in [-0.25, -0.2) is 0 Å². The molecular formula is C19H18N4O3S. The van der Waals surface area contributed by atoms with Gasteiger partial charge in [-0.3, -0.25) is 4.79 Å². The van der Waals surface area contributed by atoms with Gasteiger partial charge in [0.25, 0.3) is 11.1 Å². The third kappa shape index (κ3) is 4.38. The van der Waals surface area contributed by atoms with E-state index in [0.29, 0.717) is 23.4 Å². The second kappa shape index (κ2) is 8.56. The predicted molar refractivity (Wildman–Crippen MR) is 101 cm³/mol. The van der Waals surface area contributed by atoms with Gasteiger partial charge in [0.05, 0.1) is 29.6 Å². The Bertz CT molecular complexity index is 945. The Morgan fingerprint density at radius 2 is 2.07 bits per heavy atom. The highest BCUT2D eigenvalue weighted by Crippen LogP contribution is 2.29. The number of carbonyl (C=O) groups excluding carboxylic acids is 1. The molecule has 0 aliphatic carbocycles. The maximum absolute atomic E-state index is 12.9. The van der Waals surface area contributed by atoms with E-state index in [2.05, 4.69) is 16.3 Å². The molecule has 7 nitrogen and oxygen atoms in total. The smallest absolute Gasteiger partial charge is 0.277 e. The van der Waals surface area contributed by atoms with Crippen LogP contribution in [0.4, 0.5) is 5.69 Å². The first kappa shape index (κ1) is 18.7. The molecule has 2 aromatic heterocycles. The molecular weight excluding hydrogens is 364 g/mol. The number of hydrogen-bond acceptors (Lipinski definition) is 7. The number of aryl methyl sites for hydroxylation is 1. The first-order chi connectivity index (χ1) is 13.1. The molecule has 0 radical (unpaired) electrons. The summed E-state index contributed by atoms with van der Waals surface area (Å²) in [5.41, 5.74) is 1.48. The summed E-state index contributed by atoms with van der Waals surface area (Å²) in [7, 11) is 0. The highest BCUT2D eigenvalue weighted by Gasteiger charge is 2.25. The van der Waals surface area contributed by atoms with Gasteiger partial charge < -0.3 is 13.7 Å². The molecule has 0 saturated carbocycles. The summed E-state index contributed by atoms with van der Waals surface area (Å²) in [6, 6.07) is 13.1. The molecule has 1 aromatic carbocycles. The molecule has 0 saturated heterocycles. The van der Waals surface area contributed by atoms with Gasteiger partial charge in [0.15, 0.2) is 0 Å². The molecule has 0 aliphatic heterocycles. The third-order valence-corrected chi connectivity index (χ3v) is 4.82. The Kier molecular flexibility index (Phi) is 5.94. The topological polar surface area (TPSA) is 96.2 Å². The van der Waals surface area contributed by atoms with Crippen molar-refractivity contribution in [3.05, 3.63) is 48.4 Å². The van der Waals surface area contributed by atoms with Gasteiger partial charge in [-0.1, -0.05) is 30.0 Å². The number of amides is 1. The minimum atomic E-state index is -0.456. The number of furan rings is 1. The second-order valence-electron chi connectivity index (χ2n) is 5.76. The van der Waals surface area contributed by atoms with Crippen LogP contribution < -0.4 is 4.90 Å². The average Bonchev–Trinajstić information content (AvgIpc) is 3.31. The zero-order chi connectivity index (χ0) is 19.2. The largest absolute Gasteiger partial charge is 0.469 e. The number of thioether (sulfide) groups is 1. The van der Waals surface area contributed by atoms with Crippen LogP contribution >= 0.6 is 11.8 Å². The monoisotopic (exact) mass is 382 g/mol. The molecule has 0 aliphatic rings. The maximum Gasteiger partial charge on any atom is 0.277 e. The number of carbonyl (C=O) groups is 1. The zero-order valence-corrected chi connectivity index (χ0v) is 15.8. The fourth-order valence-electron chi connectivity index (χ4n) is 2.53. The summed E-state index contributed by atoms with van der Waals surface area (Å²) in [5, 5.41) is 16.8. The molecule has 0 bridgehead atoms. The number of nitriles is 1. The van der Waals surface area contributed by atoms with Crippen LogP contribution in [0.5, 0.6) is 0 Å². The summed E-state index contributed by atoms with van der Waals surface area (Å²) < 4.78 is 10.9. The van der Waals surface area contributed by atoms with E-state index in [4.69, 9.17) is 14.1 Å². The first-order valence-corrected chi connectivity index (χ1v) is 9.26. The predicted octanol–water partition coefficient (Wildman–Crippen LogP) is 4.07. The van der Waals surface area contributed by atoms with Crippen molar-refractivity contribution in [2.45, 2.75) is 30.7 Å². The number of para-hydroxylation sites is 1. The van der Waals surface area contributed by atoms with Crippen molar-refractivity contribution in [1.29, 1.82) is 5.26 Å². The van der Waals surface area contributed by atoms with E-state index in [1.165, 1.54) is 11.8 Å². The Balaban J connectivity index is 1.73. The van der Waals surface area contributed by atoms with Crippen molar-refractivity contribution in [3.8, 4) is 17.5 Å². The van der Waals surface area contributed by atoms with Gasteiger partial charge in [-0.2, -0.15) is 5.26 Å². The van der Waals surface area contributed by atoms with Crippen molar-refractivity contribution in [1.82, 2.24) is 10.2 Å². The maximum atomic E-state index is 12.9. The van der Waals surface area contributed by atoms with Gasteiger partial charge in [0.2, 0.25) is 5.91 Å². The minimum absolute atomic E-state index is 0.124. The van der Waals surface area contributed by atoms with Crippen molar-refractivity contribution in [3.63, 3.8) is 0 Å². The fraction of sp³-hybridized carbons (Fsp3) is 0.263. The van der Waals surface area contributed by atoms with Crippen LogP contribution in [-0.4, -0.2) is 27.9 Å². The minimum Gasteiger partial charge on any atom is -0.469 e. The van der Waals surface area contributed by atoms with Crippen LogP contribution in [0.25, 0.3) is 11.5 Å². The first-order valence-electron chi connectivity index (χ1n) is 8.38. The molecule has 0 N–H and O–H groups in total. The SMILES string of the molecule is Cc1occc1-c1nnc(S[C@H](C)C(=O)N(CCC#N)c2ccccc2)o1. The summed E-state index contributed by atoms with van der Waals surface area (Å²) in [6.45, 7) is 3.92. The lowest BCUT2D eigenvalue weighted by atomic mass is 10.2. The number of benzene rings is 1. The normalized spacial score (nSPS) is 11.7. The quantitative estimate of drug-likeness (QED) is 0.568. The van der Waals surface area contributed by atoms with E-state index in [-0.39, 0.29) is 12.3 Å². The summed E-state index contributed by atoms with van der Waals surface area (Å²) in [4.78, 5) is 14.5. The Morgan fingerprint density at radius 3 is 2.74 bits per heavy atom. The van der Waals surface area contributed by atoms with E-state index in [9.17, 15) is 4.79 Å². The molecule has 138 valence electrons. The van der Waals surface area contributed by atoms with E-state index in [1.807, 2.05) is 37.3 Å². The van der Waals surface area contributed by atoms with E-state index < -0.39 is 5.25 Å². The number of nitrogens with zero attached hydrogens (tertiary/aromatic N) is 4. The van der Waals surface area contributed by atoms with Crippen LogP contribution in [0.15, 0.2) is 56.7 Å². The Hall–Kier alpha value is -3.05. The lowest BCUT2D eigenvalue weighted by Gasteiger charge is -2.24. The fourth-order valence-corrected chi connectivity index (χ4v) is 3.28. The van der Waals surface area contributed by atoms with Gasteiger partial charge >= 0.3 is 0 Å². The summed E-state index contributed by atoms with van der Waals surface area (Å²) in [5.74, 6) is 0.916. The van der Waals surface area contributed by atoms with Crippen LogP contribution in [0.2, 0.25) is 0 Å². The van der Waals surface area contributed by atoms with E-state index >= 15 is 0 Å². The highest BCUT2D eigenvalue weighted by molar-refractivity contribution is 8.00. The van der Waals surface area contributed by atoms with Gasteiger partial charge in [-0.05, 0) is 32.0 Å². The van der Waals surface area contributed by atoms with E-state index in [0.717, 1.165) is 11.3 Å². The van der Waals surface area contributed by atoms with Crippen LogP contribution in [0, 0.1) is 18.3 Å². The van der Waals surface area contributed by atoms with E-state index in [1.54, 1.807) is 24.2 Å². The molecule has 0 unspecified atom stereocenters. The molecule has 0 spiro atoms. The Labute approximate surface area is 161 Å². The van der Waals surface area contributed by atoms with Crippen molar-refractivity contribution >= 4 is 23.4 Å². The van der Waals surface area contributed by atoms with Crippen LogP contribution in [-0.2, 0) is 4.79 Å². The third-order valence-electron chi connectivity index (χ3n) is 3.90. The molecule has 0 fully saturated rings. The second-order valence-corrected chi connectivity index (χ2v) is 7.05. The molecule has 1 amide bonds. The lowest BCUT2D eigenvalue weighted by molar-refractivity contribution is -0.117. The van der Waals surface area contributed by atoms with Gasteiger partial charge in [0.1, 0.15) is 5.76 Å². The van der Waals surface area contributed by atoms with Crippen molar-refractivity contribution in [2.24, 2.45) is 0 Å². The van der Waals surface area contributed by atoms with Crippen LogP contribution in [0.1, 0.15) is 19.1 Å². The van der Waals surface area contributed by atoms with Crippen LogP contribution in [0.3, 0.4) is 0 Å². The molecule has 27 heavy (non-hydrogen) atoms. The highest BCUT2D eigenvalue weighted by atomic mass is 32.2. The van der Waals surface area contributed by atoms with Crippen molar-refractivity contribution in [2.75, 3.05) is 11.4 Å². The molecule has 3 aromatic rings. The molecule has 2 heterocycles. The Morgan fingerprint density at radius 1 is 1.30 bits per heavy atom. The molecule has 3 rings (SSSR count). The lowest BCUT2D eigenvalue weighted by Crippen LogP contribution is -2.37. The summed E-state index contributed by atoms with van der Waals surface area (Å²) in [6.07, 6.45) is 1.81. The molecule has 1 atom stereocenters. The number of hydrogen-bond donors (Lipinski definition) is 0.